The van der Waals surface area contributed by atoms with Crippen molar-refractivity contribution in [3.05, 3.63) is 29.3 Å². The summed E-state index contributed by atoms with van der Waals surface area (Å²) < 4.78 is 38.8. The lowest BCUT2D eigenvalue weighted by Crippen LogP contribution is -2.31. The van der Waals surface area contributed by atoms with Crippen molar-refractivity contribution in [1.29, 1.82) is 0 Å². The van der Waals surface area contributed by atoms with Crippen molar-refractivity contribution in [2.45, 2.75) is 40.4 Å². The van der Waals surface area contributed by atoms with Gasteiger partial charge in [-0.2, -0.15) is 13.2 Å². The maximum absolute atomic E-state index is 12.9. The number of nitrogens with two attached hydrogens (primary N) is 1. The van der Waals surface area contributed by atoms with Crippen molar-refractivity contribution in [2.24, 2.45) is 17.6 Å². The molecule has 5 heteroatoms. The van der Waals surface area contributed by atoms with E-state index in [2.05, 4.69) is 32.6 Å². The van der Waals surface area contributed by atoms with E-state index in [0.29, 0.717) is 11.8 Å². The fourth-order valence-electron chi connectivity index (χ4n) is 2.39. The number of anilines is 1. The van der Waals surface area contributed by atoms with Gasteiger partial charge >= 0.3 is 6.18 Å². The monoisotopic (exact) mass is 302 g/mol. The first kappa shape index (κ1) is 17.8. The van der Waals surface area contributed by atoms with Crippen LogP contribution < -0.4 is 10.6 Å². The Bertz CT molecular complexity index is 443. The lowest BCUT2D eigenvalue weighted by Gasteiger charge is -2.29. The van der Waals surface area contributed by atoms with Crippen molar-refractivity contribution < 1.29 is 13.2 Å². The lowest BCUT2D eigenvalue weighted by molar-refractivity contribution is -0.138. The molecule has 0 unspecified atom stereocenters. The first-order chi connectivity index (χ1) is 9.65. The van der Waals surface area contributed by atoms with Crippen molar-refractivity contribution in [2.75, 3.05) is 18.0 Å². The van der Waals surface area contributed by atoms with Gasteiger partial charge < -0.3 is 10.6 Å². The third-order valence-corrected chi connectivity index (χ3v) is 3.15. The lowest BCUT2D eigenvalue weighted by atomic mass is 10.0. The molecule has 2 nitrogen and oxygen atoms in total. The fourth-order valence-corrected chi connectivity index (χ4v) is 2.39. The highest BCUT2D eigenvalue weighted by Gasteiger charge is 2.33. The van der Waals surface area contributed by atoms with E-state index in [-0.39, 0.29) is 12.1 Å². The van der Waals surface area contributed by atoms with Crippen LogP contribution in [-0.4, -0.2) is 13.1 Å². The molecule has 0 aliphatic carbocycles. The summed E-state index contributed by atoms with van der Waals surface area (Å²) >= 11 is 0. The second-order valence-corrected chi connectivity index (χ2v) is 6.24. The maximum Gasteiger partial charge on any atom is 0.416 e. The van der Waals surface area contributed by atoms with Crippen LogP contribution in [0.2, 0.25) is 0 Å². The van der Waals surface area contributed by atoms with E-state index >= 15 is 0 Å². The second-order valence-electron chi connectivity index (χ2n) is 6.24. The smallest absolute Gasteiger partial charge is 0.371 e. The SMILES string of the molecule is CC(C)CN(CC(C)C)c1ccc(C(F)(F)F)c(CN)c1. The summed E-state index contributed by atoms with van der Waals surface area (Å²) in [6.07, 6.45) is -4.35. The summed E-state index contributed by atoms with van der Waals surface area (Å²) in [5, 5.41) is 0. The molecule has 21 heavy (non-hydrogen) atoms. The molecule has 1 aromatic carbocycles. The Morgan fingerprint density at radius 3 is 1.95 bits per heavy atom. The highest BCUT2D eigenvalue weighted by atomic mass is 19.4. The average Bonchev–Trinajstić information content (AvgIpc) is 2.35. The maximum atomic E-state index is 12.9. The van der Waals surface area contributed by atoms with Gasteiger partial charge in [0.25, 0.3) is 0 Å². The number of nitrogens with zero attached hydrogens (tertiary/aromatic N) is 1. The summed E-state index contributed by atoms with van der Waals surface area (Å²) in [6.45, 7) is 9.91. The Kier molecular flexibility index (Phi) is 6.08. The summed E-state index contributed by atoms with van der Waals surface area (Å²) in [7, 11) is 0. The Morgan fingerprint density at radius 1 is 1.05 bits per heavy atom. The Labute approximate surface area is 125 Å². The number of benzene rings is 1. The number of alkyl halides is 3. The molecule has 0 aromatic heterocycles. The van der Waals surface area contributed by atoms with Crippen LogP contribution in [0.5, 0.6) is 0 Å². The number of halogens is 3. The quantitative estimate of drug-likeness (QED) is 0.849. The van der Waals surface area contributed by atoms with Gasteiger partial charge in [-0.3, -0.25) is 0 Å². The van der Waals surface area contributed by atoms with E-state index in [1.165, 1.54) is 0 Å². The van der Waals surface area contributed by atoms with Crippen molar-refractivity contribution in [1.82, 2.24) is 0 Å². The molecule has 0 atom stereocenters. The van der Waals surface area contributed by atoms with E-state index in [1.807, 2.05) is 0 Å². The van der Waals surface area contributed by atoms with Crippen LogP contribution in [0.15, 0.2) is 18.2 Å². The molecule has 0 radical (unpaired) electrons. The van der Waals surface area contributed by atoms with E-state index in [4.69, 9.17) is 5.73 Å². The standard InChI is InChI=1S/C16H25F3N2/c1-11(2)9-21(10-12(3)4)14-5-6-15(16(17,18)19)13(7-14)8-20/h5-7,11-12H,8-10,20H2,1-4H3. The first-order valence-corrected chi connectivity index (χ1v) is 7.30. The van der Waals surface area contributed by atoms with E-state index in [9.17, 15) is 13.2 Å². The predicted molar refractivity (Wildman–Crippen MR) is 81.2 cm³/mol. The minimum Gasteiger partial charge on any atom is -0.371 e. The number of rotatable bonds is 6. The van der Waals surface area contributed by atoms with Gasteiger partial charge in [0.15, 0.2) is 0 Å². The molecule has 0 amide bonds. The van der Waals surface area contributed by atoms with Gasteiger partial charge in [0.1, 0.15) is 0 Å². The Morgan fingerprint density at radius 2 is 1.57 bits per heavy atom. The molecular formula is C16H25F3N2. The zero-order chi connectivity index (χ0) is 16.2. The molecule has 120 valence electrons. The van der Waals surface area contributed by atoms with Crippen molar-refractivity contribution in [3.8, 4) is 0 Å². The van der Waals surface area contributed by atoms with Crippen LogP contribution in [0.3, 0.4) is 0 Å². The molecular weight excluding hydrogens is 277 g/mol. The molecule has 0 aliphatic rings. The van der Waals surface area contributed by atoms with Gasteiger partial charge in [0.2, 0.25) is 0 Å². The van der Waals surface area contributed by atoms with Gasteiger partial charge in [-0.05, 0) is 35.6 Å². The molecule has 0 aliphatic heterocycles. The van der Waals surface area contributed by atoms with E-state index in [0.717, 1.165) is 24.8 Å². The highest BCUT2D eigenvalue weighted by Crippen LogP contribution is 2.34. The van der Waals surface area contributed by atoms with Crippen LogP contribution in [0.1, 0.15) is 38.8 Å². The first-order valence-electron chi connectivity index (χ1n) is 7.30. The summed E-state index contributed by atoms with van der Waals surface area (Å²) in [5.41, 5.74) is 5.83. The molecule has 1 rings (SSSR count). The third-order valence-electron chi connectivity index (χ3n) is 3.15. The zero-order valence-electron chi connectivity index (χ0n) is 13.2. The Hall–Kier alpha value is -1.23. The molecule has 1 aromatic rings. The van der Waals surface area contributed by atoms with Gasteiger partial charge in [0.05, 0.1) is 5.56 Å². The largest absolute Gasteiger partial charge is 0.416 e. The minimum atomic E-state index is -4.35. The van der Waals surface area contributed by atoms with Gasteiger partial charge in [-0.25, -0.2) is 0 Å². The summed E-state index contributed by atoms with van der Waals surface area (Å²) in [5.74, 6) is 0.875. The molecule has 0 saturated carbocycles. The van der Waals surface area contributed by atoms with Crippen molar-refractivity contribution in [3.63, 3.8) is 0 Å². The fraction of sp³-hybridized carbons (Fsp3) is 0.625. The number of hydrogen-bond donors (Lipinski definition) is 1. The normalized spacial score (nSPS) is 12.3. The van der Waals surface area contributed by atoms with Crippen LogP contribution in [-0.2, 0) is 12.7 Å². The van der Waals surface area contributed by atoms with E-state index < -0.39 is 11.7 Å². The van der Waals surface area contributed by atoms with Crippen molar-refractivity contribution >= 4 is 5.69 Å². The van der Waals surface area contributed by atoms with Crippen LogP contribution in [0.4, 0.5) is 18.9 Å². The Balaban J connectivity index is 3.15. The molecule has 0 saturated heterocycles. The molecule has 0 bridgehead atoms. The van der Waals surface area contributed by atoms with Gasteiger partial charge in [0, 0.05) is 25.3 Å². The topological polar surface area (TPSA) is 29.3 Å². The number of hydrogen-bond acceptors (Lipinski definition) is 2. The summed E-state index contributed by atoms with van der Waals surface area (Å²) in [4.78, 5) is 2.13. The summed E-state index contributed by atoms with van der Waals surface area (Å²) in [6, 6.07) is 4.27. The second kappa shape index (κ2) is 7.16. The average molecular weight is 302 g/mol. The predicted octanol–water partition coefficient (Wildman–Crippen LogP) is 4.28. The molecule has 0 spiro atoms. The minimum absolute atomic E-state index is 0.111. The van der Waals surface area contributed by atoms with Crippen LogP contribution in [0.25, 0.3) is 0 Å². The van der Waals surface area contributed by atoms with Gasteiger partial charge in [-0.15, -0.1) is 0 Å². The molecule has 0 fully saturated rings. The van der Waals surface area contributed by atoms with E-state index in [1.54, 1.807) is 12.1 Å². The van der Waals surface area contributed by atoms with Crippen LogP contribution in [0, 0.1) is 11.8 Å². The molecule has 2 N–H and O–H groups in total. The third kappa shape index (κ3) is 5.23. The molecule has 0 heterocycles. The highest BCUT2D eigenvalue weighted by molar-refractivity contribution is 5.52. The van der Waals surface area contributed by atoms with Gasteiger partial charge in [-0.1, -0.05) is 27.7 Å². The van der Waals surface area contributed by atoms with Crippen LogP contribution >= 0.6 is 0 Å². The zero-order valence-corrected chi connectivity index (χ0v) is 13.2.